The molecule has 5 N–H and O–H groups in total. The summed E-state index contributed by atoms with van der Waals surface area (Å²) in [6.45, 7) is 7.68. The van der Waals surface area contributed by atoms with Crippen molar-refractivity contribution in [1.29, 1.82) is 0 Å². The molecule has 7 rings (SSSR count). The van der Waals surface area contributed by atoms with Crippen molar-refractivity contribution in [1.82, 2.24) is 34.9 Å². The van der Waals surface area contributed by atoms with Crippen LogP contribution >= 0.6 is 0 Å². The van der Waals surface area contributed by atoms with Crippen LogP contribution in [0.15, 0.2) is 104 Å². The number of amides is 3. The molecule has 0 saturated carbocycles. The molecule has 0 aliphatic carbocycles. The molecule has 2 fully saturated rings. The van der Waals surface area contributed by atoms with Crippen molar-refractivity contribution in [2.24, 2.45) is 0 Å². The first-order valence-electron chi connectivity index (χ1n) is 19.6. The van der Waals surface area contributed by atoms with Gasteiger partial charge in [0, 0.05) is 6.42 Å². The average Bonchev–Trinajstić information content (AvgIpc) is 3.89. The normalized spacial score (nSPS) is 20.4. The number of nitrogens with two attached hydrogens (primary N) is 1. The maximum atomic E-state index is 14.1. The SMILES string of the molecule is CC(C)(C)OC(=O)N[C@H](CCC(=O)NC(c1ccccc1)(c1ccccc1)c1ccccc1)C(=O)NS(=O)(=O)OC[C@H]1O[C@@H](n2cnc3c(N)ncnc32)[C@@H]2OC(C)(C)O[C@@H]21. The Labute approximate surface area is 352 Å². The largest absolute Gasteiger partial charge is 0.444 e. The molecule has 0 bridgehead atoms. The second-order valence-electron chi connectivity index (χ2n) is 16.1. The minimum absolute atomic E-state index is 0.156. The number of fused-ring (bicyclic) bond motifs is 2. The molecular weight excluding hydrogens is 809 g/mol. The summed E-state index contributed by atoms with van der Waals surface area (Å²) in [6.07, 6.45) is -2.37. The summed E-state index contributed by atoms with van der Waals surface area (Å²) in [5.74, 6) is -2.58. The Bertz CT molecular complexity index is 2370. The number of rotatable bonds is 14. The third kappa shape index (κ3) is 9.66. The van der Waals surface area contributed by atoms with Gasteiger partial charge in [0.15, 0.2) is 23.5 Å². The Kier molecular flexibility index (Phi) is 12.1. The van der Waals surface area contributed by atoms with Crippen molar-refractivity contribution in [3.8, 4) is 0 Å². The highest BCUT2D eigenvalue weighted by atomic mass is 32.2. The van der Waals surface area contributed by atoms with Gasteiger partial charge in [-0.2, -0.15) is 8.42 Å². The molecule has 0 spiro atoms. The zero-order valence-electron chi connectivity index (χ0n) is 34.2. The molecule has 5 aromatic rings. The number of aromatic nitrogens is 4. The Balaban J connectivity index is 1.07. The lowest BCUT2D eigenvalue weighted by Gasteiger charge is -2.37. The highest BCUT2D eigenvalue weighted by Gasteiger charge is 2.56. The van der Waals surface area contributed by atoms with Crippen LogP contribution in [0.3, 0.4) is 0 Å². The van der Waals surface area contributed by atoms with Gasteiger partial charge in [-0.25, -0.2) is 24.5 Å². The van der Waals surface area contributed by atoms with E-state index in [1.165, 1.54) is 12.7 Å². The number of carbonyl (C=O) groups is 3. The smallest absolute Gasteiger partial charge is 0.408 e. The summed E-state index contributed by atoms with van der Waals surface area (Å²) in [4.78, 5) is 53.4. The monoisotopic (exact) mass is 856 g/mol. The molecule has 4 heterocycles. The number of benzene rings is 3. The third-order valence-electron chi connectivity index (χ3n) is 10.0. The van der Waals surface area contributed by atoms with E-state index >= 15 is 0 Å². The zero-order chi connectivity index (χ0) is 43.6. The van der Waals surface area contributed by atoms with Gasteiger partial charge in [0.25, 0.3) is 5.91 Å². The van der Waals surface area contributed by atoms with E-state index < -0.39 is 82.3 Å². The fourth-order valence-electron chi connectivity index (χ4n) is 7.50. The van der Waals surface area contributed by atoms with Gasteiger partial charge in [0.05, 0.1) is 12.9 Å². The Morgan fingerprint density at radius 2 is 1.44 bits per heavy atom. The second kappa shape index (κ2) is 17.2. The maximum Gasteiger partial charge on any atom is 0.408 e. The molecule has 322 valence electrons. The van der Waals surface area contributed by atoms with Crippen LogP contribution in [0.1, 0.15) is 70.4 Å². The minimum Gasteiger partial charge on any atom is -0.444 e. The van der Waals surface area contributed by atoms with Crippen LogP contribution in [0, 0.1) is 0 Å². The summed E-state index contributed by atoms with van der Waals surface area (Å²) in [7, 11) is -4.85. The number of hydrogen-bond donors (Lipinski definition) is 4. The van der Waals surface area contributed by atoms with Crippen LogP contribution in [0.25, 0.3) is 11.2 Å². The maximum absolute atomic E-state index is 14.1. The van der Waals surface area contributed by atoms with Crippen molar-refractivity contribution in [3.63, 3.8) is 0 Å². The number of nitrogens with zero attached hydrogens (tertiary/aromatic N) is 4. The lowest BCUT2D eigenvalue weighted by Crippen LogP contribution is -2.51. The first-order valence-corrected chi connectivity index (χ1v) is 21.0. The van der Waals surface area contributed by atoms with Crippen LogP contribution < -0.4 is 21.1 Å². The number of ether oxygens (including phenoxy) is 4. The average molecular weight is 857 g/mol. The minimum atomic E-state index is -4.85. The predicted octanol–water partition coefficient (Wildman–Crippen LogP) is 3.99. The Hall–Kier alpha value is -5.99. The van der Waals surface area contributed by atoms with Crippen LogP contribution in [0.5, 0.6) is 0 Å². The van der Waals surface area contributed by atoms with E-state index in [4.69, 9.17) is 28.9 Å². The van der Waals surface area contributed by atoms with Crippen molar-refractivity contribution in [2.75, 3.05) is 12.3 Å². The topological polar surface area (TPSA) is 237 Å². The van der Waals surface area contributed by atoms with E-state index in [1.807, 2.05) is 95.7 Å². The number of hydrogen-bond acceptors (Lipinski definition) is 14. The van der Waals surface area contributed by atoms with Crippen molar-refractivity contribution in [2.45, 2.75) is 95.0 Å². The van der Waals surface area contributed by atoms with Gasteiger partial charge in [-0.05, 0) is 57.7 Å². The third-order valence-corrected chi connectivity index (χ3v) is 10.9. The van der Waals surface area contributed by atoms with E-state index in [1.54, 1.807) is 39.2 Å². The predicted molar refractivity (Wildman–Crippen MR) is 220 cm³/mol. The second-order valence-corrected chi connectivity index (χ2v) is 17.4. The molecule has 3 amide bonds. The number of carbonyl (C=O) groups excluding carboxylic acids is 3. The van der Waals surface area contributed by atoms with Gasteiger partial charge < -0.3 is 35.3 Å². The van der Waals surface area contributed by atoms with Crippen molar-refractivity contribution < 1.29 is 45.9 Å². The Morgan fingerprint density at radius 1 is 0.869 bits per heavy atom. The summed E-state index contributed by atoms with van der Waals surface area (Å²) < 4.78 is 59.4. The lowest BCUT2D eigenvalue weighted by molar-refractivity contribution is -0.198. The number of anilines is 1. The fourth-order valence-corrected chi connectivity index (χ4v) is 8.26. The summed E-state index contributed by atoms with van der Waals surface area (Å²) in [5, 5.41) is 5.63. The van der Waals surface area contributed by atoms with Crippen molar-refractivity contribution >= 4 is 45.2 Å². The standard InChI is InChI=1S/C42H48N8O10S/c1-40(2,3)60-39(53)47-29(21-22-31(51)48-42(26-15-9-6-10-16-26,27-17-11-7-12-18-27)28-19-13-8-14-20-28)37(52)49-61(54,55)56-23-30-33-34(59-41(4,5)58-33)38(57-30)50-25-46-32-35(43)44-24-45-36(32)50/h6-20,24-25,29-30,33-34,38H,21-23H2,1-5H3,(H,47,53)(H,48,51)(H,49,52)(H2,43,44,45)/t29-,30-,33-,34-,38-/m1/s1. The first-order chi connectivity index (χ1) is 28.9. The molecule has 0 radical (unpaired) electrons. The lowest BCUT2D eigenvalue weighted by atomic mass is 9.77. The van der Waals surface area contributed by atoms with Gasteiger partial charge in [-0.15, -0.1) is 0 Å². The van der Waals surface area contributed by atoms with E-state index in [-0.39, 0.29) is 18.7 Å². The van der Waals surface area contributed by atoms with E-state index in [2.05, 4.69) is 25.6 Å². The fraction of sp³-hybridized carbons (Fsp3) is 0.381. The molecule has 19 heteroatoms. The van der Waals surface area contributed by atoms with Crippen LogP contribution in [-0.4, -0.2) is 88.2 Å². The zero-order valence-corrected chi connectivity index (χ0v) is 35.0. The number of nitrogens with one attached hydrogen (secondary N) is 3. The van der Waals surface area contributed by atoms with E-state index in [0.29, 0.717) is 11.2 Å². The highest BCUT2D eigenvalue weighted by Crippen LogP contribution is 2.44. The summed E-state index contributed by atoms with van der Waals surface area (Å²) in [6, 6.07) is 26.7. The molecule has 61 heavy (non-hydrogen) atoms. The van der Waals surface area contributed by atoms with Crippen LogP contribution in [0.2, 0.25) is 0 Å². The van der Waals surface area contributed by atoms with Gasteiger partial charge >= 0.3 is 16.4 Å². The molecule has 2 saturated heterocycles. The highest BCUT2D eigenvalue weighted by molar-refractivity contribution is 7.85. The quantitative estimate of drug-likeness (QED) is 0.116. The number of imidazole rings is 1. The molecular formula is C42H48N8O10S. The van der Waals surface area contributed by atoms with Crippen LogP contribution in [0.4, 0.5) is 10.6 Å². The summed E-state index contributed by atoms with van der Waals surface area (Å²) >= 11 is 0. The molecule has 5 atom stereocenters. The molecule has 0 unspecified atom stereocenters. The molecule has 2 aliphatic heterocycles. The number of nitrogen functional groups attached to an aromatic ring is 1. The van der Waals surface area contributed by atoms with E-state index in [9.17, 15) is 22.8 Å². The van der Waals surface area contributed by atoms with Crippen molar-refractivity contribution in [3.05, 3.63) is 120 Å². The Morgan fingerprint density at radius 3 is 2.02 bits per heavy atom. The van der Waals surface area contributed by atoms with Crippen LogP contribution in [-0.2, 0) is 48.6 Å². The molecule has 2 aromatic heterocycles. The number of alkyl carbamates (subject to hydrolysis) is 1. The van der Waals surface area contributed by atoms with Gasteiger partial charge in [0.1, 0.15) is 47.3 Å². The van der Waals surface area contributed by atoms with E-state index in [0.717, 1.165) is 16.7 Å². The molecule has 3 aromatic carbocycles. The molecule has 2 aliphatic rings. The first kappa shape index (κ1) is 43.1. The van der Waals surface area contributed by atoms with Gasteiger partial charge in [0.2, 0.25) is 5.91 Å². The summed E-state index contributed by atoms with van der Waals surface area (Å²) in [5.41, 5.74) is 6.85. The molecule has 18 nitrogen and oxygen atoms in total. The van der Waals surface area contributed by atoms with Gasteiger partial charge in [-0.1, -0.05) is 91.0 Å². The van der Waals surface area contributed by atoms with Gasteiger partial charge in [-0.3, -0.25) is 18.3 Å².